The zero-order valence-electron chi connectivity index (χ0n) is 13.4. The second kappa shape index (κ2) is 7.55. The van der Waals surface area contributed by atoms with Gasteiger partial charge >= 0.3 is 0 Å². The molecule has 0 saturated carbocycles. The van der Waals surface area contributed by atoms with Crippen molar-refractivity contribution in [3.05, 3.63) is 66.0 Å². The average Bonchev–Trinajstić information content (AvgIpc) is 2.55. The van der Waals surface area contributed by atoms with Gasteiger partial charge in [-0.25, -0.2) is 12.8 Å². The van der Waals surface area contributed by atoms with Crippen LogP contribution in [-0.2, 0) is 14.8 Å². The Morgan fingerprint density at radius 1 is 1.00 bits per heavy atom. The van der Waals surface area contributed by atoms with Gasteiger partial charge in [0.15, 0.2) is 0 Å². The molecule has 1 amide bonds. The van der Waals surface area contributed by atoms with Gasteiger partial charge in [-0.05, 0) is 31.5 Å². The van der Waals surface area contributed by atoms with Gasteiger partial charge in [0.2, 0.25) is 15.9 Å². The normalized spacial score (nSPS) is 14.0. The number of hydrogen-bond donors (Lipinski definition) is 2. The number of sulfonamides is 1. The molecule has 0 aliphatic heterocycles. The van der Waals surface area contributed by atoms with Crippen LogP contribution in [0, 0.1) is 5.82 Å². The van der Waals surface area contributed by atoms with E-state index in [9.17, 15) is 17.6 Å². The monoisotopic (exact) mass is 350 g/mol. The van der Waals surface area contributed by atoms with E-state index in [0.717, 1.165) is 17.7 Å². The van der Waals surface area contributed by atoms with Gasteiger partial charge in [-0.3, -0.25) is 4.79 Å². The van der Waals surface area contributed by atoms with Gasteiger partial charge in [0, 0.05) is 0 Å². The van der Waals surface area contributed by atoms with Crippen LogP contribution in [0.3, 0.4) is 0 Å². The number of carbonyl (C=O) groups excluding carboxylic acids is 1. The molecular formula is C17H19FN2O3S. The van der Waals surface area contributed by atoms with Crippen LogP contribution in [0.4, 0.5) is 4.39 Å². The van der Waals surface area contributed by atoms with Gasteiger partial charge in [0.1, 0.15) is 10.7 Å². The summed E-state index contributed by atoms with van der Waals surface area (Å²) in [6.07, 6.45) is 0. The third kappa shape index (κ3) is 4.39. The maximum atomic E-state index is 13.6. The third-order valence-corrected chi connectivity index (χ3v) is 5.08. The summed E-state index contributed by atoms with van der Waals surface area (Å²) in [6, 6.07) is 13.0. The van der Waals surface area contributed by atoms with E-state index in [1.54, 1.807) is 6.92 Å². The lowest BCUT2D eigenvalue weighted by atomic mass is 10.1. The molecule has 2 aromatic rings. The van der Waals surface area contributed by atoms with Crippen LogP contribution in [0.1, 0.15) is 25.5 Å². The molecule has 5 nitrogen and oxygen atoms in total. The molecule has 0 radical (unpaired) electrons. The van der Waals surface area contributed by atoms with Gasteiger partial charge in [0.05, 0.1) is 12.1 Å². The highest BCUT2D eigenvalue weighted by Gasteiger charge is 2.25. The molecule has 2 atom stereocenters. The van der Waals surface area contributed by atoms with Crippen molar-refractivity contribution in [2.24, 2.45) is 0 Å². The van der Waals surface area contributed by atoms with Crippen LogP contribution in [0.2, 0.25) is 0 Å². The maximum Gasteiger partial charge on any atom is 0.244 e. The van der Waals surface area contributed by atoms with E-state index in [1.807, 2.05) is 30.3 Å². The highest BCUT2D eigenvalue weighted by Crippen LogP contribution is 2.14. The van der Waals surface area contributed by atoms with Gasteiger partial charge in [0.25, 0.3) is 0 Å². The van der Waals surface area contributed by atoms with Crippen LogP contribution >= 0.6 is 0 Å². The molecule has 0 unspecified atom stereocenters. The van der Waals surface area contributed by atoms with Crippen molar-refractivity contribution in [2.45, 2.75) is 30.8 Å². The van der Waals surface area contributed by atoms with Crippen molar-refractivity contribution in [3.63, 3.8) is 0 Å². The van der Waals surface area contributed by atoms with E-state index in [-0.39, 0.29) is 6.04 Å². The molecule has 0 aliphatic rings. The van der Waals surface area contributed by atoms with E-state index in [1.165, 1.54) is 19.1 Å². The van der Waals surface area contributed by atoms with E-state index in [2.05, 4.69) is 10.0 Å². The molecule has 0 heterocycles. The lowest BCUT2D eigenvalue weighted by molar-refractivity contribution is -0.123. The van der Waals surface area contributed by atoms with Crippen molar-refractivity contribution in [1.82, 2.24) is 10.0 Å². The maximum absolute atomic E-state index is 13.6. The van der Waals surface area contributed by atoms with Crippen LogP contribution in [0.25, 0.3) is 0 Å². The highest BCUT2D eigenvalue weighted by molar-refractivity contribution is 7.89. The molecule has 7 heteroatoms. The lowest BCUT2D eigenvalue weighted by Gasteiger charge is -2.19. The minimum atomic E-state index is -4.12. The first-order chi connectivity index (χ1) is 11.3. The molecule has 0 spiro atoms. The van der Waals surface area contributed by atoms with Crippen LogP contribution in [-0.4, -0.2) is 20.4 Å². The van der Waals surface area contributed by atoms with Gasteiger partial charge in [-0.15, -0.1) is 0 Å². The summed E-state index contributed by atoms with van der Waals surface area (Å²) in [6.45, 7) is 3.21. The SMILES string of the molecule is C[C@H](NC(=O)[C@@H](C)NS(=O)(=O)c1ccccc1F)c1ccccc1. The second-order valence-corrected chi connectivity index (χ2v) is 7.10. The summed E-state index contributed by atoms with van der Waals surface area (Å²) < 4.78 is 40.2. The molecule has 0 bridgehead atoms. The molecule has 2 rings (SSSR count). The first-order valence-electron chi connectivity index (χ1n) is 7.43. The molecule has 2 N–H and O–H groups in total. The molecule has 24 heavy (non-hydrogen) atoms. The fraction of sp³-hybridized carbons (Fsp3) is 0.235. The van der Waals surface area contributed by atoms with Gasteiger partial charge < -0.3 is 5.32 Å². The fourth-order valence-corrected chi connectivity index (χ4v) is 3.46. The Morgan fingerprint density at radius 3 is 2.21 bits per heavy atom. The standard InChI is InChI=1S/C17H19FN2O3S/c1-12(14-8-4-3-5-9-14)19-17(21)13(2)20-24(22,23)16-11-7-6-10-15(16)18/h3-13,20H,1-2H3,(H,19,21)/t12-,13+/m0/s1. The smallest absolute Gasteiger partial charge is 0.244 e. The first-order valence-corrected chi connectivity index (χ1v) is 8.92. The Hall–Kier alpha value is -2.25. The Labute approximate surface area is 141 Å². The molecular weight excluding hydrogens is 331 g/mol. The zero-order valence-corrected chi connectivity index (χ0v) is 14.2. The Kier molecular flexibility index (Phi) is 5.69. The lowest BCUT2D eigenvalue weighted by Crippen LogP contribution is -2.45. The van der Waals surface area contributed by atoms with Crippen LogP contribution < -0.4 is 10.0 Å². The Bertz CT molecular complexity index is 810. The Balaban J connectivity index is 2.05. The summed E-state index contributed by atoms with van der Waals surface area (Å²) in [5, 5.41) is 2.72. The average molecular weight is 350 g/mol. The number of amides is 1. The summed E-state index contributed by atoms with van der Waals surface area (Å²) >= 11 is 0. The van der Waals surface area contributed by atoms with Crippen molar-refractivity contribution in [1.29, 1.82) is 0 Å². The van der Waals surface area contributed by atoms with Gasteiger partial charge in [-0.2, -0.15) is 4.72 Å². The summed E-state index contributed by atoms with van der Waals surface area (Å²) in [4.78, 5) is 11.7. The summed E-state index contributed by atoms with van der Waals surface area (Å²) in [5.41, 5.74) is 0.898. The van der Waals surface area contributed by atoms with Crippen molar-refractivity contribution < 1.29 is 17.6 Å². The number of benzene rings is 2. The Morgan fingerprint density at radius 2 is 1.58 bits per heavy atom. The quantitative estimate of drug-likeness (QED) is 0.840. The molecule has 128 valence electrons. The minimum absolute atomic E-state index is 0.279. The fourth-order valence-electron chi connectivity index (χ4n) is 2.18. The number of halogens is 1. The van der Waals surface area contributed by atoms with E-state index < -0.39 is 32.7 Å². The van der Waals surface area contributed by atoms with Crippen LogP contribution in [0.5, 0.6) is 0 Å². The molecule has 0 fully saturated rings. The highest BCUT2D eigenvalue weighted by atomic mass is 32.2. The number of rotatable bonds is 6. The van der Waals surface area contributed by atoms with Crippen molar-refractivity contribution in [2.75, 3.05) is 0 Å². The van der Waals surface area contributed by atoms with Gasteiger partial charge in [-0.1, -0.05) is 42.5 Å². The van der Waals surface area contributed by atoms with Crippen LogP contribution in [0.15, 0.2) is 59.5 Å². The van der Waals surface area contributed by atoms with E-state index in [4.69, 9.17) is 0 Å². The molecule has 2 aromatic carbocycles. The number of hydrogen-bond acceptors (Lipinski definition) is 3. The van der Waals surface area contributed by atoms with E-state index in [0.29, 0.717) is 0 Å². The zero-order chi connectivity index (χ0) is 17.7. The number of carbonyl (C=O) groups is 1. The van der Waals surface area contributed by atoms with Crippen molar-refractivity contribution in [3.8, 4) is 0 Å². The largest absolute Gasteiger partial charge is 0.348 e. The minimum Gasteiger partial charge on any atom is -0.348 e. The first kappa shape index (κ1) is 18.1. The molecule has 0 saturated heterocycles. The number of nitrogens with one attached hydrogen (secondary N) is 2. The third-order valence-electron chi connectivity index (χ3n) is 3.51. The molecule has 0 aliphatic carbocycles. The molecule has 0 aromatic heterocycles. The summed E-state index contributed by atoms with van der Waals surface area (Å²) in [5.74, 6) is -1.36. The van der Waals surface area contributed by atoms with E-state index >= 15 is 0 Å². The summed E-state index contributed by atoms with van der Waals surface area (Å²) in [7, 11) is -4.12. The van der Waals surface area contributed by atoms with Crippen molar-refractivity contribution >= 4 is 15.9 Å². The second-order valence-electron chi connectivity index (χ2n) is 5.41. The predicted molar refractivity (Wildman–Crippen MR) is 89.2 cm³/mol. The predicted octanol–water partition coefficient (Wildman–Crippen LogP) is 2.37. The topological polar surface area (TPSA) is 75.3 Å².